The van der Waals surface area contributed by atoms with Crippen LogP contribution in [0.3, 0.4) is 0 Å². The van der Waals surface area contributed by atoms with Crippen LogP contribution in [-0.4, -0.2) is 28.2 Å². The highest BCUT2D eigenvalue weighted by Gasteiger charge is 2.49. The molecule has 1 fully saturated rings. The first kappa shape index (κ1) is 17.5. The molecule has 1 aliphatic rings. The Morgan fingerprint density at radius 2 is 2.12 bits per heavy atom. The van der Waals surface area contributed by atoms with Gasteiger partial charge in [0.25, 0.3) is 6.43 Å². The lowest BCUT2D eigenvalue weighted by atomic mass is 10.0. The van der Waals surface area contributed by atoms with Crippen molar-refractivity contribution in [2.75, 3.05) is 12.3 Å². The van der Waals surface area contributed by atoms with Gasteiger partial charge in [0.1, 0.15) is 12.0 Å². The Hall–Kier alpha value is -2.32. The Morgan fingerprint density at radius 3 is 2.80 bits per heavy atom. The predicted octanol–water partition coefficient (Wildman–Crippen LogP) is 2.36. The molecule has 8 heteroatoms. The lowest BCUT2D eigenvalue weighted by Gasteiger charge is -2.28. The first-order chi connectivity index (χ1) is 12.0. The monoisotopic (exact) mass is 351 g/mol. The molecule has 1 aromatic heterocycles. The van der Waals surface area contributed by atoms with Crippen molar-refractivity contribution in [3.63, 3.8) is 0 Å². The van der Waals surface area contributed by atoms with Crippen LogP contribution in [0, 0.1) is 0 Å². The van der Waals surface area contributed by atoms with Crippen LogP contribution in [0.25, 0.3) is 0 Å². The van der Waals surface area contributed by atoms with E-state index in [2.05, 4.69) is 4.98 Å². The maximum atomic E-state index is 13.6. The third kappa shape index (κ3) is 3.85. The molecule has 0 spiro atoms. The van der Waals surface area contributed by atoms with Gasteiger partial charge in [-0.1, -0.05) is 30.3 Å². The molecule has 2 heterocycles. The number of hydrogen-bond donors (Lipinski definition) is 1. The number of benzene rings is 1. The third-order valence-corrected chi connectivity index (χ3v) is 4.20. The summed E-state index contributed by atoms with van der Waals surface area (Å²) in [6.07, 6.45) is -1.78. The van der Waals surface area contributed by atoms with Crippen LogP contribution in [0.5, 0.6) is 0 Å². The van der Waals surface area contributed by atoms with Gasteiger partial charge in [-0.05, 0) is 24.5 Å². The summed E-state index contributed by atoms with van der Waals surface area (Å²) in [5.41, 5.74) is 3.97. The van der Waals surface area contributed by atoms with E-state index >= 15 is 0 Å². The van der Waals surface area contributed by atoms with Crippen molar-refractivity contribution in [3.8, 4) is 0 Å². The van der Waals surface area contributed by atoms with Gasteiger partial charge in [0.05, 0.1) is 13.2 Å². The van der Waals surface area contributed by atoms with Crippen molar-refractivity contribution in [1.29, 1.82) is 0 Å². The van der Waals surface area contributed by atoms with Gasteiger partial charge in [-0.15, -0.1) is 0 Å². The van der Waals surface area contributed by atoms with Gasteiger partial charge in [-0.25, -0.2) is 13.6 Å². The van der Waals surface area contributed by atoms with Gasteiger partial charge in [-0.2, -0.15) is 4.98 Å². The summed E-state index contributed by atoms with van der Waals surface area (Å²) in [4.78, 5) is 15.5. The van der Waals surface area contributed by atoms with Crippen molar-refractivity contribution in [3.05, 3.63) is 58.6 Å². The number of aromatic nitrogens is 2. The van der Waals surface area contributed by atoms with Gasteiger partial charge in [0.15, 0.2) is 5.60 Å². The average molecular weight is 351 g/mol. The molecule has 1 saturated heterocycles. The molecule has 2 N–H and O–H groups in total. The number of ether oxygens (including phenoxy) is 2. The summed E-state index contributed by atoms with van der Waals surface area (Å²) in [7, 11) is 0. The Bertz CT molecular complexity index is 769. The highest BCUT2D eigenvalue weighted by molar-refractivity contribution is 5.23. The summed E-state index contributed by atoms with van der Waals surface area (Å²) >= 11 is 0. The molecule has 2 aromatic rings. The fraction of sp³-hybridized carbons (Fsp3) is 0.412. The van der Waals surface area contributed by atoms with Crippen LogP contribution in [-0.2, 0) is 16.1 Å². The van der Waals surface area contributed by atoms with Crippen LogP contribution < -0.4 is 11.4 Å². The molecule has 0 radical (unpaired) electrons. The Kier molecular flexibility index (Phi) is 5.10. The zero-order valence-corrected chi connectivity index (χ0v) is 13.5. The summed E-state index contributed by atoms with van der Waals surface area (Å²) in [6, 6.07) is 10.7. The second-order valence-electron chi connectivity index (χ2n) is 6.00. The lowest BCUT2D eigenvalue weighted by molar-refractivity contribution is -0.180. The lowest BCUT2D eigenvalue weighted by Crippen LogP contribution is -2.42. The summed E-state index contributed by atoms with van der Waals surface area (Å²) in [5.74, 6) is 0.0746. The molecule has 0 saturated carbocycles. The fourth-order valence-corrected chi connectivity index (χ4v) is 2.84. The highest BCUT2D eigenvalue weighted by Crippen LogP contribution is 2.40. The summed E-state index contributed by atoms with van der Waals surface area (Å²) in [5, 5.41) is 0. The van der Waals surface area contributed by atoms with Crippen molar-refractivity contribution in [2.45, 2.75) is 37.7 Å². The normalized spacial score (nSPS) is 23.2. The number of hydrogen-bond acceptors (Lipinski definition) is 5. The minimum atomic E-state index is -2.73. The first-order valence-electron chi connectivity index (χ1n) is 7.92. The maximum absolute atomic E-state index is 13.6. The summed E-state index contributed by atoms with van der Waals surface area (Å²) < 4.78 is 39.5. The minimum Gasteiger partial charge on any atom is -0.383 e. The molecule has 0 bridgehead atoms. The second kappa shape index (κ2) is 7.28. The van der Waals surface area contributed by atoms with E-state index in [9.17, 15) is 13.6 Å². The number of anilines is 1. The quantitative estimate of drug-likeness (QED) is 0.864. The van der Waals surface area contributed by atoms with Crippen LogP contribution in [0.4, 0.5) is 14.6 Å². The number of nitrogen functional groups attached to an aromatic ring is 1. The smallest absolute Gasteiger partial charge is 0.351 e. The number of nitrogens with two attached hydrogens (primary N) is 1. The van der Waals surface area contributed by atoms with Gasteiger partial charge in [0, 0.05) is 6.20 Å². The van der Waals surface area contributed by atoms with E-state index in [1.54, 1.807) is 0 Å². The Balaban J connectivity index is 1.68. The Labute approximate surface area is 143 Å². The van der Waals surface area contributed by atoms with Crippen molar-refractivity contribution in [2.24, 2.45) is 0 Å². The first-order valence-corrected chi connectivity index (χ1v) is 7.92. The average Bonchev–Trinajstić information content (AvgIpc) is 3.01. The largest absolute Gasteiger partial charge is 0.383 e. The van der Waals surface area contributed by atoms with E-state index in [1.807, 2.05) is 30.3 Å². The molecule has 3 rings (SSSR count). The molecule has 2 atom stereocenters. The van der Waals surface area contributed by atoms with Crippen molar-refractivity contribution in [1.82, 2.24) is 9.55 Å². The van der Waals surface area contributed by atoms with Crippen molar-refractivity contribution >= 4 is 5.82 Å². The number of halogens is 2. The van der Waals surface area contributed by atoms with Crippen LogP contribution in [0.15, 0.2) is 47.4 Å². The molecular formula is C17H19F2N3O3. The van der Waals surface area contributed by atoms with E-state index in [0.29, 0.717) is 0 Å². The fourth-order valence-electron chi connectivity index (χ4n) is 2.84. The molecule has 0 amide bonds. The third-order valence-electron chi connectivity index (χ3n) is 4.20. The molecule has 1 aromatic carbocycles. The molecule has 134 valence electrons. The molecule has 25 heavy (non-hydrogen) atoms. The topological polar surface area (TPSA) is 79.4 Å². The number of alkyl halides is 2. The van der Waals surface area contributed by atoms with Gasteiger partial charge in [-0.3, -0.25) is 4.57 Å². The van der Waals surface area contributed by atoms with E-state index < -0.39 is 23.9 Å². The highest BCUT2D eigenvalue weighted by atomic mass is 19.3. The van der Waals surface area contributed by atoms with E-state index in [0.717, 1.165) is 5.56 Å². The second-order valence-corrected chi connectivity index (χ2v) is 6.00. The predicted molar refractivity (Wildman–Crippen MR) is 87.1 cm³/mol. The molecule has 2 unspecified atom stereocenters. The van der Waals surface area contributed by atoms with Crippen LogP contribution >= 0.6 is 0 Å². The molecule has 0 aliphatic carbocycles. The van der Waals surface area contributed by atoms with E-state index in [1.165, 1.54) is 16.8 Å². The molecule has 1 aliphatic heterocycles. The maximum Gasteiger partial charge on any atom is 0.351 e. The summed E-state index contributed by atoms with van der Waals surface area (Å²) in [6.45, 7) is -0.0417. The van der Waals surface area contributed by atoms with Gasteiger partial charge in [0.2, 0.25) is 0 Å². The van der Waals surface area contributed by atoms with Crippen LogP contribution in [0.2, 0.25) is 0 Å². The zero-order valence-electron chi connectivity index (χ0n) is 13.5. The SMILES string of the molecule is Nc1ccn(C2CCC(COCc3ccccc3)(C(F)F)O2)c(=O)n1. The van der Waals surface area contributed by atoms with E-state index in [-0.39, 0.29) is 31.9 Å². The van der Waals surface area contributed by atoms with Gasteiger partial charge >= 0.3 is 5.69 Å². The standard InChI is InChI=1S/C17H19F2N3O3/c18-15(19)17(11-24-10-12-4-2-1-3-5-12)8-6-14(25-17)22-9-7-13(20)21-16(22)23/h1-5,7,9,14-15H,6,8,10-11H2,(H2,20,21,23). The van der Waals surface area contributed by atoms with Crippen molar-refractivity contribution < 1.29 is 18.3 Å². The van der Waals surface area contributed by atoms with E-state index in [4.69, 9.17) is 15.2 Å². The molecule has 6 nitrogen and oxygen atoms in total. The minimum absolute atomic E-state index is 0.0746. The van der Waals surface area contributed by atoms with Crippen LogP contribution in [0.1, 0.15) is 24.6 Å². The molecular weight excluding hydrogens is 332 g/mol. The number of nitrogens with zero attached hydrogens (tertiary/aromatic N) is 2. The van der Waals surface area contributed by atoms with Gasteiger partial charge < -0.3 is 15.2 Å². The Morgan fingerprint density at radius 1 is 1.36 bits per heavy atom. The number of rotatable bonds is 6. The zero-order chi connectivity index (χ0) is 17.9.